The largest absolute Gasteiger partial charge is 0.573 e. The number of ether oxygens (including phenoxy) is 1. The summed E-state index contributed by atoms with van der Waals surface area (Å²) in [5.74, 6) is -4.52. The number of nitrogens with one attached hydrogen (secondary N) is 2. The van der Waals surface area contributed by atoms with Crippen LogP contribution in [-0.2, 0) is 27.3 Å². The van der Waals surface area contributed by atoms with Crippen molar-refractivity contribution in [2.75, 3.05) is 32.5 Å². The standard InChI is InChI=1S/C27H31F5N6O6S2/c1-3-26(28,29)19-6-4-18(5-7-19)16-33-23(40)22-17-37(25(41)35-24(45-2)36-34-12-15-39)13-14-38(22)46(42,43)21-10-8-20(9-11-21)44-27(30,31)32/h4-12,22,39H,3,13-17H2,1-2H3,(H,33,40)(H,35,36,41)/b34-12+/t22-/m1/s1. The number of piperazine rings is 1. The Kier molecular flexibility index (Phi) is 12.5. The molecule has 2 aromatic rings. The van der Waals surface area contributed by atoms with Crippen molar-refractivity contribution < 1.29 is 49.8 Å². The molecule has 0 aliphatic carbocycles. The highest BCUT2D eigenvalue weighted by Gasteiger charge is 2.42. The summed E-state index contributed by atoms with van der Waals surface area (Å²) in [6, 6.07) is 6.40. The Morgan fingerprint density at radius 1 is 1.09 bits per heavy atom. The topological polar surface area (TPSA) is 153 Å². The average Bonchev–Trinajstić information content (AvgIpc) is 3.02. The van der Waals surface area contributed by atoms with E-state index in [0.717, 1.165) is 46.5 Å². The molecule has 0 aromatic heterocycles. The minimum absolute atomic E-state index is 0.0454. The Bertz CT molecular complexity index is 1520. The summed E-state index contributed by atoms with van der Waals surface area (Å²) in [6.45, 7) is -0.201. The van der Waals surface area contributed by atoms with Crippen LogP contribution in [0.3, 0.4) is 0 Å². The van der Waals surface area contributed by atoms with Crippen molar-refractivity contribution in [2.24, 2.45) is 10.2 Å². The van der Waals surface area contributed by atoms with E-state index >= 15 is 0 Å². The van der Waals surface area contributed by atoms with Gasteiger partial charge < -0.3 is 20.1 Å². The van der Waals surface area contributed by atoms with Crippen LogP contribution >= 0.6 is 11.8 Å². The van der Waals surface area contributed by atoms with Crippen LogP contribution in [-0.4, -0.2) is 91.0 Å². The molecular weight excluding hydrogens is 663 g/mol. The summed E-state index contributed by atoms with van der Waals surface area (Å²) in [4.78, 5) is 27.2. The van der Waals surface area contributed by atoms with Crippen molar-refractivity contribution in [1.29, 1.82) is 0 Å². The number of hydrogen-bond acceptors (Lipinski definition) is 9. The van der Waals surface area contributed by atoms with Gasteiger partial charge in [-0.05, 0) is 36.1 Å². The zero-order chi connectivity index (χ0) is 34.1. The third-order valence-corrected chi connectivity index (χ3v) is 9.08. The van der Waals surface area contributed by atoms with E-state index in [4.69, 9.17) is 5.11 Å². The number of benzene rings is 2. The van der Waals surface area contributed by atoms with E-state index in [1.807, 2.05) is 0 Å². The van der Waals surface area contributed by atoms with Gasteiger partial charge in [-0.3, -0.25) is 10.1 Å². The van der Waals surface area contributed by atoms with Gasteiger partial charge in [-0.2, -0.15) is 9.41 Å². The number of amidine groups is 1. The highest BCUT2D eigenvalue weighted by Crippen LogP contribution is 2.31. The number of aliphatic hydroxyl groups excluding tert-OH is 1. The van der Waals surface area contributed by atoms with Gasteiger partial charge in [0.25, 0.3) is 5.92 Å². The lowest BCUT2D eigenvalue weighted by Crippen LogP contribution is -2.62. The van der Waals surface area contributed by atoms with Crippen molar-refractivity contribution in [3.05, 3.63) is 59.7 Å². The highest BCUT2D eigenvalue weighted by molar-refractivity contribution is 8.13. The zero-order valence-corrected chi connectivity index (χ0v) is 26.1. The van der Waals surface area contributed by atoms with E-state index in [1.54, 1.807) is 6.26 Å². The van der Waals surface area contributed by atoms with Crippen molar-refractivity contribution >= 4 is 45.1 Å². The quantitative estimate of drug-likeness (QED) is 0.149. The van der Waals surface area contributed by atoms with Crippen LogP contribution < -0.4 is 15.4 Å². The zero-order valence-electron chi connectivity index (χ0n) is 24.5. The molecule has 3 N–H and O–H groups in total. The predicted molar refractivity (Wildman–Crippen MR) is 160 cm³/mol. The summed E-state index contributed by atoms with van der Waals surface area (Å²) in [5.41, 5.74) is 0.228. The van der Waals surface area contributed by atoms with E-state index in [-0.39, 0.29) is 37.0 Å². The first-order valence-corrected chi connectivity index (χ1v) is 16.2. The van der Waals surface area contributed by atoms with Gasteiger partial charge in [-0.1, -0.05) is 43.0 Å². The Labute approximate surface area is 265 Å². The lowest BCUT2D eigenvalue weighted by Gasteiger charge is -2.39. The number of amides is 3. The monoisotopic (exact) mass is 694 g/mol. The highest BCUT2D eigenvalue weighted by atomic mass is 32.2. The van der Waals surface area contributed by atoms with Gasteiger partial charge in [-0.15, -0.1) is 18.3 Å². The minimum Gasteiger partial charge on any atom is -0.406 e. The van der Waals surface area contributed by atoms with Crippen molar-refractivity contribution in [3.8, 4) is 5.75 Å². The van der Waals surface area contributed by atoms with Crippen LogP contribution in [0.2, 0.25) is 0 Å². The smallest absolute Gasteiger partial charge is 0.406 e. The number of rotatable bonds is 10. The summed E-state index contributed by atoms with van der Waals surface area (Å²) < 4.78 is 97.6. The first-order chi connectivity index (χ1) is 21.6. The molecule has 0 bridgehead atoms. The fourth-order valence-electron chi connectivity index (χ4n) is 4.20. The Balaban J connectivity index is 1.85. The van der Waals surface area contributed by atoms with Crippen LogP contribution in [0.5, 0.6) is 5.75 Å². The molecule has 1 aliphatic heterocycles. The normalized spacial score (nSPS) is 16.8. The maximum atomic E-state index is 14.0. The molecule has 12 nitrogen and oxygen atoms in total. The summed E-state index contributed by atoms with van der Waals surface area (Å²) in [6.07, 6.45) is -2.73. The fraction of sp³-hybridized carbons (Fsp3) is 0.407. The second kappa shape index (κ2) is 15.7. The summed E-state index contributed by atoms with van der Waals surface area (Å²) in [7, 11) is -4.49. The van der Waals surface area contributed by atoms with Crippen LogP contribution in [0, 0.1) is 0 Å². The van der Waals surface area contributed by atoms with Gasteiger partial charge in [0.1, 0.15) is 11.8 Å². The Morgan fingerprint density at radius 2 is 1.74 bits per heavy atom. The molecule has 0 spiro atoms. The molecule has 1 atom stereocenters. The molecule has 1 saturated heterocycles. The van der Waals surface area contributed by atoms with Gasteiger partial charge in [0, 0.05) is 38.2 Å². The van der Waals surface area contributed by atoms with Crippen LogP contribution in [0.4, 0.5) is 26.7 Å². The SMILES string of the molecule is CCC(F)(F)c1ccc(CNC(=O)[C@H]2CN(C(=O)N/C(=N/N=C/CO)SC)CCN2S(=O)(=O)c2ccc(OC(F)(F)F)cc2)cc1. The molecular formula is C27H31F5N6O6S2. The summed E-state index contributed by atoms with van der Waals surface area (Å²) in [5, 5.41) is 21.3. The van der Waals surface area contributed by atoms with E-state index < -0.39 is 63.9 Å². The molecule has 46 heavy (non-hydrogen) atoms. The molecule has 19 heteroatoms. The summed E-state index contributed by atoms with van der Waals surface area (Å²) >= 11 is 1.02. The number of carbonyl (C=O) groups excluding carboxylic acids is 2. The van der Waals surface area contributed by atoms with E-state index in [0.29, 0.717) is 5.56 Å². The maximum Gasteiger partial charge on any atom is 0.573 e. The van der Waals surface area contributed by atoms with Crippen LogP contribution in [0.1, 0.15) is 24.5 Å². The van der Waals surface area contributed by atoms with Gasteiger partial charge in [-0.25, -0.2) is 22.0 Å². The molecule has 252 valence electrons. The van der Waals surface area contributed by atoms with Crippen molar-refractivity contribution in [2.45, 2.75) is 43.1 Å². The number of alkyl halides is 5. The molecule has 1 heterocycles. The third kappa shape index (κ3) is 9.84. The number of urea groups is 1. The Morgan fingerprint density at radius 3 is 2.30 bits per heavy atom. The average molecular weight is 695 g/mol. The van der Waals surface area contributed by atoms with Crippen LogP contribution in [0.15, 0.2) is 63.6 Å². The number of hydrogen-bond donors (Lipinski definition) is 3. The lowest BCUT2D eigenvalue weighted by molar-refractivity contribution is -0.274. The fourth-order valence-corrected chi connectivity index (χ4v) is 6.08. The van der Waals surface area contributed by atoms with Gasteiger partial charge in [0.2, 0.25) is 15.9 Å². The van der Waals surface area contributed by atoms with E-state index in [9.17, 15) is 40.0 Å². The van der Waals surface area contributed by atoms with Crippen molar-refractivity contribution in [1.82, 2.24) is 19.8 Å². The molecule has 1 fully saturated rings. The number of thioether (sulfide) groups is 1. The maximum absolute atomic E-state index is 14.0. The lowest BCUT2D eigenvalue weighted by atomic mass is 10.0. The number of carbonyl (C=O) groups is 2. The van der Waals surface area contributed by atoms with Crippen LogP contribution in [0.25, 0.3) is 0 Å². The first-order valence-electron chi connectivity index (χ1n) is 13.5. The van der Waals surface area contributed by atoms with E-state index in [1.165, 1.54) is 36.1 Å². The molecule has 0 radical (unpaired) electrons. The first kappa shape index (κ1) is 36.7. The number of aliphatic hydroxyl groups is 1. The van der Waals surface area contributed by atoms with E-state index in [2.05, 4.69) is 25.6 Å². The van der Waals surface area contributed by atoms with Gasteiger partial charge in [0.05, 0.1) is 17.7 Å². The Hall–Kier alpha value is -3.81. The van der Waals surface area contributed by atoms with Crippen molar-refractivity contribution in [3.63, 3.8) is 0 Å². The molecule has 0 saturated carbocycles. The van der Waals surface area contributed by atoms with Gasteiger partial charge in [0.15, 0.2) is 5.17 Å². The molecule has 1 aliphatic rings. The number of sulfonamides is 1. The number of halogens is 5. The number of nitrogens with zero attached hydrogens (tertiary/aromatic N) is 4. The molecule has 3 amide bonds. The molecule has 3 rings (SSSR count). The third-order valence-electron chi connectivity index (χ3n) is 6.59. The molecule has 0 unspecified atom stereocenters. The predicted octanol–water partition coefficient (Wildman–Crippen LogP) is 3.49. The second-order valence-electron chi connectivity index (χ2n) is 9.59. The van der Waals surface area contributed by atoms with Gasteiger partial charge >= 0.3 is 12.4 Å². The second-order valence-corrected chi connectivity index (χ2v) is 12.3. The minimum atomic E-state index is -5.00. The molecule has 2 aromatic carbocycles.